The largest absolute Gasteiger partial charge is 0.505 e. The Balaban J connectivity index is 2.86. The molecule has 0 aromatic carbocycles. The highest BCUT2D eigenvalue weighted by Crippen LogP contribution is 2.28. The van der Waals surface area contributed by atoms with Crippen molar-refractivity contribution >= 4 is 0 Å². The van der Waals surface area contributed by atoms with E-state index in [9.17, 15) is 0 Å². The summed E-state index contributed by atoms with van der Waals surface area (Å²) in [6.07, 6.45) is 0. The SMILES string of the molecule is CC1=C(N)C(O)=C1C. The van der Waals surface area contributed by atoms with Gasteiger partial charge in [-0.1, -0.05) is 0 Å². The van der Waals surface area contributed by atoms with Crippen molar-refractivity contribution in [2.24, 2.45) is 5.73 Å². The van der Waals surface area contributed by atoms with Crippen molar-refractivity contribution in [2.45, 2.75) is 13.8 Å². The van der Waals surface area contributed by atoms with Crippen molar-refractivity contribution in [1.29, 1.82) is 0 Å². The molecule has 0 aliphatic heterocycles. The molecule has 1 aliphatic carbocycles. The Morgan fingerprint density at radius 3 is 1.88 bits per heavy atom. The van der Waals surface area contributed by atoms with Gasteiger partial charge >= 0.3 is 0 Å². The van der Waals surface area contributed by atoms with Gasteiger partial charge in [0.15, 0.2) is 0 Å². The summed E-state index contributed by atoms with van der Waals surface area (Å²) in [5, 5.41) is 8.85. The van der Waals surface area contributed by atoms with Crippen LogP contribution in [0, 0.1) is 0 Å². The first kappa shape index (κ1) is 5.22. The zero-order valence-corrected chi connectivity index (χ0v) is 5.02. The van der Waals surface area contributed by atoms with E-state index in [0.717, 1.165) is 11.1 Å². The maximum Gasteiger partial charge on any atom is 0.141 e. The molecule has 3 N–H and O–H groups in total. The molecule has 0 spiro atoms. The van der Waals surface area contributed by atoms with Crippen LogP contribution in [-0.2, 0) is 0 Å². The molecule has 0 fully saturated rings. The van der Waals surface area contributed by atoms with E-state index in [1.807, 2.05) is 13.8 Å². The average Bonchev–Trinajstić information content (AvgIpc) is 1.83. The molecule has 44 valence electrons. The number of aliphatic hydroxyl groups is 1. The standard InChI is InChI=1S/C6H9NO/c1-3-4(2)6(8)5(3)7/h8H,7H2,1-2H3. The topological polar surface area (TPSA) is 46.2 Å². The molecule has 1 aliphatic rings. The molecule has 0 radical (unpaired) electrons. The molecule has 2 nitrogen and oxygen atoms in total. The van der Waals surface area contributed by atoms with Crippen LogP contribution < -0.4 is 5.73 Å². The van der Waals surface area contributed by atoms with Crippen molar-refractivity contribution in [1.82, 2.24) is 0 Å². The van der Waals surface area contributed by atoms with Crippen LogP contribution in [0.2, 0.25) is 0 Å². The molecular weight excluding hydrogens is 102 g/mol. The maximum absolute atomic E-state index is 8.85. The molecule has 0 saturated carbocycles. The van der Waals surface area contributed by atoms with Crippen LogP contribution in [0.15, 0.2) is 22.6 Å². The summed E-state index contributed by atoms with van der Waals surface area (Å²) < 4.78 is 0. The van der Waals surface area contributed by atoms with E-state index in [-0.39, 0.29) is 5.76 Å². The van der Waals surface area contributed by atoms with Crippen molar-refractivity contribution in [3.63, 3.8) is 0 Å². The Morgan fingerprint density at radius 2 is 1.75 bits per heavy atom. The van der Waals surface area contributed by atoms with Gasteiger partial charge in [-0.05, 0) is 25.0 Å². The maximum atomic E-state index is 8.85. The zero-order valence-electron chi connectivity index (χ0n) is 5.02. The first-order valence-corrected chi connectivity index (χ1v) is 2.51. The number of hydrogen-bond acceptors (Lipinski definition) is 2. The highest BCUT2D eigenvalue weighted by Gasteiger charge is 2.18. The van der Waals surface area contributed by atoms with Crippen molar-refractivity contribution in [3.8, 4) is 0 Å². The normalized spacial score (nSPS) is 19.2. The number of rotatable bonds is 0. The number of hydrogen-bond donors (Lipinski definition) is 2. The lowest BCUT2D eigenvalue weighted by Gasteiger charge is -2.18. The minimum atomic E-state index is 0.266. The predicted molar refractivity (Wildman–Crippen MR) is 32.2 cm³/mol. The molecule has 0 amide bonds. The Kier molecular flexibility index (Phi) is 0.834. The second-order valence-electron chi connectivity index (χ2n) is 2.01. The molecule has 0 saturated heterocycles. The van der Waals surface area contributed by atoms with Gasteiger partial charge in [-0.15, -0.1) is 0 Å². The van der Waals surface area contributed by atoms with Gasteiger partial charge in [0.1, 0.15) is 5.76 Å². The van der Waals surface area contributed by atoms with Crippen molar-refractivity contribution < 1.29 is 5.11 Å². The van der Waals surface area contributed by atoms with Gasteiger partial charge in [0.2, 0.25) is 0 Å². The van der Waals surface area contributed by atoms with E-state index in [0.29, 0.717) is 5.70 Å². The summed E-state index contributed by atoms with van der Waals surface area (Å²) in [5.41, 5.74) is 7.81. The third kappa shape index (κ3) is 0.372. The number of nitrogens with two attached hydrogens (primary N) is 1. The van der Waals surface area contributed by atoms with Crippen LogP contribution >= 0.6 is 0 Å². The first-order chi connectivity index (χ1) is 3.64. The van der Waals surface area contributed by atoms with Gasteiger partial charge in [-0.2, -0.15) is 0 Å². The van der Waals surface area contributed by atoms with Crippen molar-refractivity contribution in [2.75, 3.05) is 0 Å². The molecule has 0 heterocycles. The van der Waals surface area contributed by atoms with Crippen LogP contribution in [0.1, 0.15) is 13.8 Å². The molecule has 0 aromatic rings. The fourth-order valence-electron chi connectivity index (χ4n) is 0.697. The fraction of sp³-hybridized carbons (Fsp3) is 0.333. The monoisotopic (exact) mass is 111 g/mol. The summed E-state index contributed by atoms with van der Waals surface area (Å²) in [4.78, 5) is 0. The van der Waals surface area contributed by atoms with E-state index in [4.69, 9.17) is 10.8 Å². The van der Waals surface area contributed by atoms with E-state index in [1.54, 1.807) is 0 Å². The fourth-order valence-corrected chi connectivity index (χ4v) is 0.697. The lowest BCUT2D eigenvalue weighted by molar-refractivity contribution is 0.405. The summed E-state index contributed by atoms with van der Waals surface area (Å²) in [7, 11) is 0. The Hall–Kier alpha value is -0.920. The summed E-state index contributed by atoms with van der Waals surface area (Å²) in [6.45, 7) is 3.74. The summed E-state index contributed by atoms with van der Waals surface area (Å²) >= 11 is 0. The molecule has 0 atom stereocenters. The molecule has 8 heavy (non-hydrogen) atoms. The second kappa shape index (κ2) is 1.28. The molecule has 1 rings (SSSR count). The first-order valence-electron chi connectivity index (χ1n) is 2.51. The van der Waals surface area contributed by atoms with E-state index < -0.39 is 0 Å². The lowest BCUT2D eigenvalue weighted by Crippen LogP contribution is -2.15. The Morgan fingerprint density at radius 1 is 1.25 bits per heavy atom. The third-order valence-corrected chi connectivity index (χ3v) is 1.58. The van der Waals surface area contributed by atoms with E-state index in [1.165, 1.54) is 0 Å². The Labute approximate surface area is 48.3 Å². The zero-order chi connectivity index (χ0) is 6.31. The molecule has 0 unspecified atom stereocenters. The predicted octanol–water partition coefficient (Wildman–Crippen LogP) is 1.06. The highest BCUT2D eigenvalue weighted by molar-refractivity contribution is 5.52. The van der Waals surface area contributed by atoms with Gasteiger partial charge in [-0.25, -0.2) is 0 Å². The van der Waals surface area contributed by atoms with Gasteiger partial charge < -0.3 is 10.8 Å². The van der Waals surface area contributed by atoms with Crippen LogP contribution in [-0.4, -0.2) is 5.11 Å². The summed E-state index contributed by atoms with van der Waals surface area (Å²) in [5.74, 6) is 0.266. The second-order valence-corrected chi connectivity index (χ2v) is 2.01. The molecular formula is C6H9NO. The van der Waals surface area contributed by atoms with E-state index >= 15 is 0 Å². The molecule has 2 heteroatoms. The number of aliphatic hydroxyl groups excluding tert-OH is 1. The minimum Gasteiger partial charge on any atom is -0.505 e. The van der Waals surface area contributed by atoms with Crippen molar-refractivity contribution in [3.05, 3.63) is 22.6 Å². The number of allylic oxidation sites excluding steroid dienone is 2. The molecule has 0 bridgehead atoms. The van der Waals surface area contributed by atoms with Crippen LogP contribution in [0.5, 0.6) is 0 Å². The quantitative estimate of drug-likeness (QED) is 0.491. The minimum absolute atomic E-state index is 0.266. The third-order valence-electron chi connectivity index (χ3n) is 1.58. The van der Waals surface area contributed by atoms with Gasteiger partial charge in [0, 0.05) is 0 Å². The van der Waals surface area contributed by atoms with Gasteiger partial charge in [-0.3, -0.25) is 0 Å². The average molecular weight is 111 g/mol. The van der Waals surface area contributed by atoms with E-state index in [2.05, 4.69) is 0 Å². The smallest absolute Gasteiger partial charge is 0.141 e. The Bertz CT molecular complexity index is 136. The molecule has 0 aromatic heterocycles. The van der Waals surface area contributed by atoms with Crippen LogP contribution in [0.3, 0.4) is 0 Å². The summed E-state index contributed by atoms with van der Waals surface area (Å²) in [6, 6.07) is 0. The van der Waals surface area contributed by atoms with Crippen LogP contribution in [0.4, 0.5) is 0 Å². The van der Waals surface area contributed by atoms with Crippen LogP contribution in [0.25, 0.3) is 0 Å². The van der Waals surface area contributed by atoms with Gasteiger partial charge in [0.05, 0.1) is 5.70 Å². The highest BCUT2D eigenvalue weighted by atomic mass is 16.3. The van der Waals surface area contributed by atoms with Gasteiger partial charge in [0.25, 0.3) is 0 Å². The lowest BCUT2D eigenvalue weighted by atomic mass is 9.95.